The van der Waals surface area contributed by atoms with Crippen molar-refractivity contribution in [1.29, 1.82) is 0 Å². The fourth-order valence-corrected chi connectivity index (χ4v) is 1.51. The molecule has 0 saturated carbocycles. The molecule has 0 aromatic heterocycles. The van der Waals surface area contributed by atoms with Crippen LogP contribution < -0.4 is 10.6 Å². The van der Waals surface area contributed by atoms with Crippen LogP contribution in [0.25, 0.3) is 0 Å². The van der Waals surface area contributed by atoms with Gasteiger partial charge < -0.3 is 10.6 Å². The van der Waals surface area contributed by atoms with Crippen molar-refractivity contribution < 1.29 is 4.79 Å². The van der Waals surface area contributed by atoms with E-state index in [1.54, 1.807) is 0 Å². The monoisotopic (exact) mass is 214 g/mol. The first-order valence-electron chi connectivity index (χ1n) is 6.20. The molecule has 3 nitrogen and oxygen atoms in total. The van der Waals surface area contributed by atoms with Gasteiger partial charge in [-0.25, -0.2) is 0 Å². The highest BCUT2D eigenvalue weighted by Gasteiger charge is 2.03. The number of carbonyl (C=O) groups is 1. The molecule has 0 aliphatic rings. The summed E-state index contributed by atoms with van der Waals surface area (Å²) in [5.74, 6) is 0.0953. The van der Waals surface area contributed by atoms with Gasteiger partial charge in [-0.15, -0.1) is 0 Å². The van der Waals surface area contributed by atoms with E-state index in [1.165, 1.54) is 32.1 Å². The maximum atomic E-state index is 11.2. The van der Waals surface area contributed by atoms with E-state index in [0.29, 0.717) is 19.1 Å². The topological polar surface area (TPSA) is 41.1 Å². The van der Waals surface area contributed by atoms with Gasteiger partial charge in [0, 0.05) is 12.6 Å². The minimum atomic E-state index is 0.0953. The van der Waals surface area contributed by atoms with Crippen molar-refractivity contribution in [3.8, 4) is 0 Å². The van der Waals surface area contributed by atoms with E-state index < -0.39 is 0 Å². The van der Waals surface area contributed by atoms with Crippen LogP contribution in [0.15, 0.2) is 0 Å². The van der Waals surface area contributed by atoms with Crippen LogP contribution in [-0.4, -0.2) is 25.0 Å². The van der Waals surface area contributed by atoms with Crippen molar-refractivity contribution in [2.45, 2.75) is 58.9 Å². The number of hydrogen-bond donors (Lipinski definition) is 2. The zero-order valence-corrected chi connectivity index (χ0v) is 10.4. The predicted octanol–water partition coefficient (Wildman–Crippen LogP) is 2.07. The Morgan fingerprint density at radius 2 is 1.93 bits per heavy atom. The molecule has 0 heterocycles. The van der Waals surface area contributed by atoms with Crippen LogP contribution in [0.3, 0.4) is 0 Å². The molecule has 0 aromatic rings. The molecule has 3 heteroatoms. The van der Waals surface area contributed by atoms with Crippen LogP contribution in [-0.2, 0) is 4.79 Å². The van der Waals surface area contributed by atoms with Crippen LogP contribution in [0.4, 0.5) is 0 Å². The van der Waals surface area contributed by atoms with E-state index in [0.717, 1.165) is 0 Å². The molecule has 0 fully saturated rings. The molecule has 0 saturated heterocycles. The number of unbranched alkanes of at least 4 members (excludes halogenated alkanes) is 3. The minimum Gasteiger partial charge on any atom is -0.355 e. The van der Waals surface area contributed by atoms with E-state index >= 15 is 0 Å². The van der Waals surface area contributed by atoms with Crippen molar-refractivity contribution in [2.75, 3.05) is 13.1 Å². The molecule has 0 aliphatic carbocycles. The standard InChI is InChI=1S/C12H26N2O/c1-4-6-7-8-9-11(3)14-10-12(15)13-5-2/h11,14H,4-10H2,1-3H3,(H,13,15). The SMILES string of the molecule is CCCCCCC(C)NCC(=O)NCC. The summed E-state index contributed by atoms with van der Waals surface area (Å²) >= 11 is 0. The third-order valence-corrected chi connectivity index (χ3v) is 2.48. The molecule has 15 heavy (non-hydrogen) atoms. The van der Waals surface area contributed by atoms with E-state index in [1.807, 2.05) is 6.92 Å². The lowest BCUT2D eigenvalue weighted by molar-refractivity contribution is -0.120. The van der Waals surface area contributed by atoms with Gasteiger partial charge in [-0.05, 0) is 20.3 Å². The number of carbonyl (C=O) groups excluding carboxylic acids is 1. The van der Waals surface area contributed by atoms with E-state index in [-0.39, 0.29) is 5.91 Å². The molecule has 0 rings (SSSR count). The molecule has 2 N–H and O–H groups in total. The van der Waals surface area contributed by atoms with Crippen LogP contribution in [0, 0.1) is 0 Å². The third kappa shape index (κ3) is 9.73. The Morgan fingerprint density at radius 1 is 1.20 bits per heavy atom. The van der Waals surface area contributed by atoms with Gasteiger partial charge in [-0.2, -0.15) is 0 Å². The summed E-state index contributed by atoms with van der Waals surface area (Å²) in [4.78, 5) is 11.2. The highest BCUT2D eigenvalue weighted by atomic mass is 16.1. The van der Waals surface area contributed by atoms with Gasteiger partial charge in [0.1, 0.15) is 0 Å². The van der Waals surface area contributed by atoms with Crippen LogP contribution in [0.1, 0.15) is 52.9 Å². The first-order valence-corrected chi connectivity index (χ1v) is 6.20. The lowest BCUT2D eigenvalue weighted by Gasteiger charge is -2.13. The van der Waals surface area contributed by atoms with Gasteiger partial charge in [0.15, 0.2) is 0 Å². The Labute approximate surface area is 94.0 Å². The first-order chi connectivity index (χ1) is 7.20. The normalized spacial score (nSPS) is 12.5. The highest BCUT2D eigenvalue weighted by Crippen LogP contribution is 2.04. The predicted molar refractivity (Wildman–Crippen MR) is 64.9 cm³/mol. The Morgan fingerprint density at radius 3 is 2.53 bits per heavy atom. The first kappa shape index (κ1) is 14.4. The number of hydrogen-bond acceptors (Lipinski definition) is 2. The molecule has 1 atom stereocenters. The summed E-state index contributed by atoms with van der Waals surface area (Å²) in [6.45, 7) is 7.46. The van der Waals surface area contributed by atoms with Crippen molar-refractivity contribution in [1.82, 2.24) is 10.6 Å². The molecule has 0 radical (unpaired) electrons. The smallest absolute Gasteiger partial charge is 0.233 e. The zero-order chi connectivity index (χ0) is 11.5. The van der Waals surface area contributed by atoms with E-state index in [9.17, 15) is 4.79 Å². The summed E-state index contributed by atoms with van der Waals surface area (Å²) < 4.78 is 0. The molecule has 1 amide bonds. The number of nitrogens with one attached hydrogen (secondary N) is 2. The van der Waals surface area contributed by atoms with Crippen molar-refractivity contribution in [2.24, 2.45) is 0 Å². The minimum absolute atomic E-state index is 0.0953. The summed E-state index contributed by atoms with van der Waals surface area (Å²) in [7, 11) is 0. The Hall–Kier alpha value is -0.570. The average molecular weight is 214 g/mol. The number of amides is 1. The van der Waals surface area contributed by atoms with E-state index in [2.05, 4.69) is 24.5 Å². The molecule has 0 aromatic carbocycles. The molecular formula is C12H26N2O. The van der Waals surface area contributed by atoms with Gasteiger partial charge in [-0.3, -0.25) is 4.79 Å². The van der Waals surface area contributed by atoms with E-state index in [4.69, 9.17) is 0 Å². The average Bonchev–Trinajstić information content (AvgIpc) is 2.22. The summed E-state index contributed by atoms with van der Waals surface area (Å²) in [6.07, 6.45) is 6.34. The van der Waals surface area contributed by atoms with Crippen molar-refractivity contribution in [3.63, 3.8) is 0 Å². The van der Waals surface area contributed by atoms with Crippen LogP contribution in [0.5, 0.6) is 0 Å². The zero-order valence-electron chi connectivity index (χ0n) is 10.4. The van der Waals surface area contributed by atoms with Gasteiger partial charge >= 0.3 is 0 Å². The van der Waals surface area contributed by atoms with Crippen molar-refractivity contribution in [3.05, 3.63) is 0 Å². The molecule has 90 valence electrons. The fraction of sp³-hybridized carbons (Fsp3) is 0.917. The van der Waals surface area contributed by atoms with Crippen LogP contribution in [0.2, 0.25) is 0 Å². The second-order valence-corrected chi connectivity index (χ2v) is 4.08. The second-order valence-electron chi connectivity index (χ2n) is 4.08. The van der Waals surface area contributed by atoms with Crippen LogP contribution >= 0.6 is 0 Å². The maximum absolute atomic E-state index is 11.2. The van der Waals surface area contributed by atoms with Gasteiger partial charge in [0.25, 0.3) is 0 Å². The lowest BCUT2D eigenvalue weighted by atomic mass is 10.1. The van der Waals surface area contributed by atoms with Gasteiger partial charge in [0.05, 0.1) is 6.54 Å². The third-order valence-electron chi connectivity index (χ3n) is 2.48. The largest absolute Gasteiger partial charge is 0.355 e. The highest BCUT2D eigenvalue weighted by molar-refractivity contribution is 5.77. The summed E-state index contributed by atoms with van der Waals surface area (Å²) in [5, 5.41) is 6.01. The lowest BCUT2D eigenvalue weighted by Crippen LogP contribution is -2.37. The second kappa shape index (κ2) is 9.97. The molecule has 1 unspecified atom stereocenters. The quantitative estimate of drug-likeness (QED) is 0.577. The molecular weight excluding hydrogens is 188 g/mol. The number of likely N-dealkylation sites (N-methyl/N-ethyl adjacent to an activating group) is 1. The van der Waals surface area contributed by atoms with Gasteiger partial charge in [0.2, 0.25) is 5.91 Å². The maximum Gasteiger partial charge on any atom is 0.233 e. The Kier molecular flexibility index (Phi) is 9.59. The molecule has 0 spiro atoms. The fourth-order valence-electron chi connectivity index (χ4n) is 1.51. The van der Waals surface area contributed by atoms with Gasteiger partial charge in [-0.1, -0.05) is 32.6 Å². The Bertz CT molecular complexity index is 160. The molecule has 0 aliphatic heterocycles. The molecule has 0 bridgehead atoms. The summed E-state index contributed by atoms with van der Waals surface area (Å²) in [5.41, 5.74) is 0. The number of rotatable bonds is 9. The Balaban J connectivity index is 3.32. The summed E-state index contributed by atoms with van der Waals surface area (Å²) in [6, 6.07) is 0.449. The van der Waals surface area contributed by atoms with Crippen molar-refractivity contribution >= 4 is 5.91 Å².